The largest absolute Gasteiger partial charge is 0.391 e. The van der Waals surface area contributed by atoms with E-state index in [4.69, 9.17) is 0 Å². The van der Waals surface area contributed by atoms with Crippen LogP contribution in [-0.4, -0.2) is 12.3 Å². The van der Waals surface area contributed by atoms with E-state index in [1.165, 1.54) is 0 Å². The quantitative estimate of drug-likeness (QED) is 0.480. The molecule has 0 radical (unpaired) electrons. The molecule has 98 valence electrons. The van der Waals surface area contributed by atoms with Crippen molar-refractivity contribution in [3.8, 4) is 0 Å². The summed E-state index contributed by atoms with van der Waals surface area (Å²) in [5, 5.41) is 5.24. The van der Waals surface area contributed by atoms with Gasteiger partial charge in [0.2, 0.25) is 0 Å². The van der Waals surface area contributed by atoms with Crippen molar-refractivity contribution < 1.29 is 4.79 Å². The maximum absolute atomic E-state index is 12.2. The number of carbonyl (C=O) groups excluding carboxylic acids is 1. The zero-order valence-electron chi connectivity index (χ0n) is 11.2. The maximum Gasteiger partial charge on any atom is 0.187 e. The first-order valence-corrected chi connectivity index (χ1v) is 6.75. The van der Waals surface area contributed by atoms with Crippen molar-refractivity contribution in [1.29, 1.82) is 0 Å². The summed E-state index contributed by atoms with van der Waals surface area (Å²) >= 11 is 0. The number of fused-ring (bicyclic) bond motifs is 1. The van der Waals surface area contributed by atoms with Gasteiger partial charge in [-0.1, -0.05) is 55.8 Å². The van der Waals surface area contributed by atoms with E-state index in [0.717, 1.165) is 35.7 Å². The molecule has 2 heteroatoms. The van der Waals surface area contributed by atoms with Crippen molar-refractivity contribution >= 4 is 16.6 Å². The molecule has 2 rings (SSSR count). The molecule has 0 aliphatic carbocycles. The van der Waals surface area contributed by atoms with Crippen LogP contribution < -0.4 is 5.32 Å². The van der Waals surface area contributed by atoms with Crippen LogP contribution in [0.25, 0.3) is 10.8 Å². The monoisotopic (exact) mass is 253 g/mol. The molecular formula is C17H19NO. The van der Waals surface area contributed by atoms with Crippen LogP contribution in [0.4, 0.5) is 0 Å². The standard InChI is InChI=1S/C17H19NO/c1-2-3-12-18-13-11-17(19)16-10-6-8-14-7-4-5-9-15(14)16/h4-11,13,18H,2-3,12H2,1H3/b13-11-. The van der Waals surface area contributed by atoms with Gasteiger partial charge in [-0.25, -0.2) is 0 Å². The van der Waals surface area contributed by atoms with Gasteiger partial charge in [-0.15, -0.1) is 0 Å². The Kier molecular flexibility index (Phi) is 4.73. The summed E-state index contributed by atoms with van der Waals surface area (Å²) < 4.78 is 0. The number of hydrogen-bond acceptors (Lipinski definition) is 2. The lowest BCUT2D eigenvalue weighted by Crippen LogP contribution is -2.07. The van der Waals surface area contributed by atoms with Gasteiger partial charge < -0.3 is 5.32 Å². The fraction of sp³-hybridized carbons (Fsp3) is 0.235. The number of allylic oxidation sites excluding steroid dienone is 1. The smallest absolute Gasteiger partial charge is 0.187 e. The van der Waals surface area contributed by atoms with Gasteiger partial charge in [-0.2, -0.15) is 0 Å². The minimum Gasteiger partial charge on any atom is -0.391 e. The molecule has 2 aromatic carbocycles. The molecule has 1 N–H and O–H groups in total. The fourth-order valence-corrected chi connectivity index (χ4v) is 2.03. The molecule has 0 aromatic heterocycles. The second-order valence-corrected chi connectivity index (χ2v) is 4.53. The highest BCUT2D eigenvalue weighted by Gasteiger charge is 2.05. The molecule has 0 amide bonds. The molecule has 0 spiro atoms. The predicted molar refractivity (Wildman–Crippen MR) is 80.3 cm³/mol. The van der Waals surface area contributed by atoms with E-state index < -0.39 is 0 Å². The Morgan fingerprint density at radius 2 is 1.95 bits per heavy atom. The minimum atomic E-state index is 0.0424. The van der Waals surface area contributed by atoms with Gasteiger partial charge in [0.15, 0.2) is 5.78 Å². The summed E-state index contributed by atoms with van der Waals surface area (Å²) in [6.07, 6.45) is 5.63. The third-order valence-electron chi connectivity index (χ3n) is 3.08. The Morgan fingerprint density at radius 3 is 2.79 bits per heavy atom. The summed E-state index contributed by atoms with van der Waals surface area (Å²) in [6.45, 7) is 3.06. The molecule has 19 heavy (non-hydrogen) atoms. The normalized spacial score (nSPS) is 11.0. The highest BCUT2D eigenvalue weighted by Crippen LogP contribution is 2.19. The van der Waals surface area contributed by atoms with Crippen molar-refractivity contribution in [1.82, 2.24) is 5.32 Å². The van der Waals surface area contributed by atoms with E-state index >= 15 is 0 Å². The fourth-order valence-electron chi connectivity index (χ4n) is 2.03. The highest BCUT2D eigenvalue weighted by atomic mass is 16.1. The summed E-state index contributed by atoms with van der Waals surface area (Å²) in [4.78, 5) is 12.2. The average molecular weight is 253 g/mol. The number of ketones is 1. The summed E-state index contributed by atoms with van der Waals surface area (Å²) in [6, 6.07) is 13.8. The first kappa shape index (κ1) is 13.3. The van der Waals surface area contributed by atoms with Gasteiger partial charge in [-0.3, -0.25) is 4.79 Å². The Hall–Kier alpha value is -2.09. The van der Waals surface area contributed by atoms with Gasteiger partial charge in [0, 0.05) is 24.4 Å². The third-order valence-corrected chi connectivity index (χ3v) is 3.08. The summed E-state index contributed by atoms with van der Waals surface area (Å²) in [5.74, 6) is 0.0424. The van der Waals surface area contributed by atoms with Crippen molar-refractivity contribution in [2.75, 3.05) is 6.54 Å². The predicted octanol–water partition coefficient (Wildman–Crippen LogP) is 3.93. The lowest BCUT2D eigenvalue weighted by Gasteiger charge is -2.03. The summed E-state index contributed by atoms with van der Waals surface area (Å²) in [7, 11) is 0. The van der Waals surface area contributed by atoms with Crippen molar-refractivity contribution in [3.05, 3.63) is 60.3 Å². The first-order chi connectivity index (χ1) is 9.33. The molecule has 0 unspecified atom stereocenters. The van der Waals surface area contributed by atoms with Gasteiger partial charge in [-0.05, 0) is 17.2 Å². The van der Waals surface area contributed by atoms with Gasteiger partial charge in [0.05, 0.1) is 0 Å². The molecule has 0 saturated heterocycles. The third kappa shape index (κ3) is 3.44. The lowest BCUT2D eigenvalue weighted by molar-refractivity contribution is 0.104. The molecule has 0 aliphatic rings. The Morgan fingerprint density at radius 1 is 1.16 bits per heavy atom. The first-order valence-electron chi connectivity index (χ1n) is 6.75. The molecule has 0 heterocycles. The number of carbonyl (C=O) groups is 1. The molecule has 0 saturated carbocycles. The zero-order chi connectivity index (χ0) is 13.5. The van der Waals surface area contributed by atoms with Crippen molar-refractivity contribution in [2.24, 2.45) is 0 Å². The number of benzene rings is 2. The van der Waals surface area contributed by atoms with Crippen LogP contribution in [0.2, 0.25) is 0 Å². The lowest BCUT2D eigenvalue weighted by atomic mass is 10.0. The van der Waals surface area contributed by atoms with E-state index in [2.05, 4.69) is 12.2 Å². The van der Waals surface area contributed by atoms with Crippen LogP contribution in [-0.2, 0) is 0 Å². The van der Waals surface area contributed by atoms with Gasteiger partial charge in [0.1, 0.15) is 0 Å². The molecule has 2 aromatic rings. The summed E-state index contributed by atoms with van der Waals surface area (Å²) in [5.41, 5.74) is 0.756. The van der Waals surface area contributed by atoms with E-state index in [-0.39, 0.29) is 5.78 Å². The molecule has 0 bridgehead atoms. The SMILES string of the molecule is CCCCN/C=C\C(=O)c1cccc2ccccc12. The highest BCUT2D eigenvalue weighted by molar-refractivity contribution is 6.13. The van der Waals surface area contributed by atoms with E-state index in [9.17, 15) is 4.79 Å². The minimum absolute atomic E-state index is 0.0424. The average Bonchev–Trinajstić information content (AvgIpc) is 2.46. The molecule has 0 fully saturated rings. The van der Waals surface area contributed by atoms with Gasteiger partial charge in [0.25, 0.3) is 0 Å². The molecular weight excluding hydrogens is 234 g/mol. The van der Waals surface area contributed by atoms with Crippen LogP contribution in [0.1, 0.15) is 30.1 Å². The van der Waals surface area contributed by atoms with Crippen LogP contribution in [0, 0.1) is 0 Å². The Balaban J connectivity index is 2.13. The second kappa shape index (κ2) is 6.74. The van der Waals surface area contributed by atoms with E-state index in [1.807, 2.05) is 42.5 Å². The number of rotatable bonds is 6. The molecule has 0 atom stereocenters. The maximum atomic E-state index is 12.2. The van der Waals surface area contributed by atoms with Crippen LogP contribution in [0.15, 0.2) is 54.7 Å². The topological polar surface area (TPSA) is 29.1 Å². The number of hydrogen-bond donors (Lipinski definition) is 1. The molecule has 0 aliphatic heterocycles. The Bertz CT molecular complexity index is 581. The second-order valence-electron chi connectivity index (χ2n) is 4.53. The zero-order valence-corrected chi connectivity index (χ0v) is 11.2. The number of unbranched alkanes of at least 4 members (excludes halogenated alkanes) is 1. The van der Waals surface area contributed by atoms with Crippen molar-refractivity contribution in [3.63, 3.8) is 0 Å². The van der Waals surface area contributed by atoms with Crippen LogP contribution >= 0.6 is 0 Å². The molecule has 2 nitrogen and oxygen atoms in total. The number of nitrogens with one attached hydrogen (secondary N) is 1. The van der Waals surface area contributed by atoms with E-state index in [0.29, 0.717) is 0 Å². The Labute approximate surface area is 114 Å². The van der Waals surface area contributed by atoms with Gasteiger partial charge >= 0.3 is 0 Å². The van der Waals surface area contributed by atoms with E-state index in [1.54, 1.807) is 12.3 Å². The van der Waals surface area contributed by atoms with Crippen LogP contribution in [0.5, 0.6) is 0 Å². The van der Waals surface area contributed by atoms with Crippen LogP contribution in [0.3, 0.4) is 0 Å². The van der Waals surface area contributed by atoms with Crippen molar-refractivity contribution in [2.45, 2.75) is 19.8 Å².